The first-order chi connectivity index (χ1) is 15.8. The standard InChI is InChI=1S/C22H22ClF2N5O2S/c1-13-15(11-30(29-13)20-14(10-28-31)3-2-5-27-20)7-16-9-21(4-6-26-16)19-17(8-18(23)33-19)22(24,25)12-32-21/h2-3,5,8,10-11,16,26,31H,4,6-7,9,12H2,1H3. The Bertz CT molecular complexity index is 1210. The Hall–Kier alpha value is -2.40. The quantitative estimate of drug-likeness (QED) is 0.319. The Labute approximate surface area is 198 Å². The zero-order valence-electron chi connectivity index (χ0n) is 17.8. The second kappa shape index (κ2) is 8.43. The Morgan fingerprint density at radius 1 is 1.48 bits per heavy atom. The van der Waals surface area contributed by atoms with Crippen molar-refractivity contribution < 1.29 is 18.7 Å². The topological polar surface area (TPSA) is 84.6 Å². The van der Waals surface area contributed by atoms with Gasteiger partial charge in [0.05, 0.1) is 16.2 Å². The Kier molecular flexibility index (Phi) is 5.72. The molecule has 0 amide bonds. The number of piperidine rings is 1. The van der Waals surface area contributed by atoms with Crippen molar-refractivity contribution in [2.45, 2.75) is 43.8 Å². The first-order valence-electron chi connectivity index (χ1n) is 10.5. The number of fused-ring (bicyclic) bond motifs is 2. The molecule has 174 valence electrons. The van der Waals surface area contributed by atoms with E-state index in [1.165, 1.54) is 23.6 Å². The van der Waals surface area contributed by atoms with Crippen molar-refractivity contribution in [1.29, 1.82) is 0 Å². The average Bonchev–Trinajstić information content (AvgIpc) is 3.37. The van der Waals surface area contributed by atoms with Crippen molar-refractivity contribution in [3.8, 4) is 5.82 Å². The molecule has 1 saturated heterocycles. The zero-order valence-corrected chi connectivity index (χ0v) is 19.3. The summed E-state index contributed by atoms with van der Waals surface area (Å²) in [6.45, 7) is 1.93. The molecule has 2 unspecified atom stereocenters. The molecule has 0 bridgehead atoms. The normalized spacial score (nSPS) is 24.4. The summed E-state index contributed by atoms with van der Waals surface area (Å²) in [7, 11) is 0. The summed E-state index contributed by atoms with van der Waals surface area (Å²) < 4.78 is 36.8. The van der Waals surface area contributed by atoms with Gasteiger partial charge in [0.2, 0.25) is 0 Å². The molecular formula is C22H22ClF2N5O2S. The fourth-order valence-electron chi connectivity index (χ4n) is 4.71. The van der Waals surface area contributed by atoms with Crippen LogP contribution < -0.4 is 5.32 Å². The smallest absolute Gasteiger partial charge is 0.297 e. The number of ether oxygens (including phenoxy) is 1. The van der Waals surface area contributed by atoms with Gasteiger partial charge in [0, 0.05) is 34.4 Å². The van der Waals surface area contributed by atoms with Gasteiger partial charge in [0.25, 0.3) is 5.92 Å². The fraction of sp³-hybridized carbons (Fsp3) is 0.409. The lowest BCUT2D eigenvalue weighted by Gasteiger charge is -2.45. The summed E-state index contributed by atoms with van der Waals surface area (Å²) in [4.78, 5) is 4.90. The van der Waals surface area contributed by atoms with Crippen LogP contribution in [0.25, 0.3) is 5.82 Å². The number of oxime groups is 1. The van der Waals surface area contributed by atoms with Gasteiger partial charge in [-0.3, -0.25) is 0 Å². The van der Waals surface area contributed by atoms with Gasteiger partial charge in [-0.15, -0.1) is 11.3 Å². The molecule has 3 aromatic heterocycles. The van der Waals surface area contributed by atoms with Crippen LogP contribution in [0.4, 0.5) is 8.78 Å². The summed E-state index contributed by atoms with van der Waals surface area (Å²) in [5.41, 5.74) is 1.71. The molecule has 0 saturated carbocycles. The highest BCUT2D eigenvalue weighted by atomic mass is 35.5. The lowest BCUT2D eigenvalue weighted by atomic mass is 9.80. The molecule has 11 heteroatoms. The minimum absolute atomic E-state index is 0.00151. The van der Waals surface area contributed by atoms with E-state index < -0.39 is 18.1 Å². The highest BCUT2D eigenvalue weighted by Crippen LogP contribution is 2.52. The van der Waals surface area contributed by atoms with E-state index in [2.05, 4.69) is 20.6 Å². The zero-order chi connectivity index (χ0) is 23.2. The molecule has 33 heavy (non-hydrogen) atoms. The maximum atomic E-state index is 14.5. The fourth-order valence-corrected chi connectivity index (χ4v) is 6.17. The molecule has 0 aromatic carbocycles. The molecule has 1 spiro atoms. The van der Waals surface area contributed by atoms with Crippen LogP contribution in [0.15, 0.2) is 35.7 Å². The Morgan fingerprint density at radius 3 is 3.15 bits per heavy atom. The molecule has 3 aromatic rings. The minimum atomic E-state index is -3.03. The van der Waals surface area contributed by atoms with Gasteiger partial charge >= 0.3 is 0 Å². The molecule has 2 aliphatic rings. The van der Waals surface area contributed by atoms with E-state index in [-0.39, 0.29) is 11.6 Å². The van der Waals surface area contributed by atoms with Crippen LogP contribution in [0.5, 0.6) is 0 Å². The van der Waals surface area contributed by atoms with Gasteiger partial charge in [0.1, 0.15) is 12.2 Å². The first kappa shape index (κ1) is 22.4. The molecule has 5 heterocycles. The van der Waals surface area contributed by atoms with Crippen molar-refractivity contribution >= 4 is 29.2 Å². The largest absolute Gasteiger partial charge is 0.411 e. The number of halogens is 3. The van der Waals surface area contributed by atoms with E-state index in [9.17, 15) is 8.78 Å². The summed E-state index contributed by atoms with van der Waals surface area (Å²) in [5.74, 6) is -2.48. The molecule has 2 N–H and O–H groups in total. The third kappa shape index (κ3) is 4.05. The molecule has 1 fully saturated rings. The number of alkyl halides is 2. The first-order valence-corrected chi connectivity index (χ1v) is 11.7. The number of thiophene rings is 1. The highest BCUT2D eigenvalue weighted by molar-refractivity contribution is 7.16. The van der Waals surface area contributed by atoms with Crippen LogP contribution in [0, 0.1) is 6.92 Å². The molecule has 2 aliphatic heterocycles. The number of aryl methyl sites for hydroxylation is 1. The number of aromatic nitrogens is 3. The summed E-state index contributed by atoms with van der Waals surface area (Å²) >= 11 is 7.33. The van der Waals surface area contributed by atoms with Crippen molar-refractivity contribution in [3.05, 3.63) is 62.2 Å². The third-order valence-electron chi connectivity index (χ3n) is 6.28. The van der Waals surface area contributed by atoms with Gasteiger partial charge in [-0.1, -0.05) is 16.8 Å². The van der Waals surface area contributed by atoms with E-state index in [0.29, 0.717) is 46.4 Å². The van der Waals surface area contributed by atoms with Crippen LogP contribution in [-0.4, -0.2) is 45.4 Å². The number of nitrogens with zero attached hydrogens (tertiary/aromatic N) is 4. The number of pyridine rings is 1. The van der Waals surface area contributed by atoms with Gasteiger partial charge in [0.15, 0.2) is 5.82 Å². The third-order valence-corrected chi connectivity index (χ3v) is 7.72. The second-order valence-electron chi connectivity index (χ2n) is 8.44. The highest BCUT2D eigenvalue weighted by Gasteiger charge is 2.52. The van der Waals surface area contributed by atoms with Crippen LogP contribution >= 0.6 is 22.9 Å². The summed E-state index contributed by atoms with van der Waals surface area (Å²) in [6.07, 6.45) is 6.68. The van der Waals surface area contributed by atoms with Gasteiger partial charge in [-0.25, -0.2) is 9.67 Å². The maximum absolute atomic E-state index is 14.5. The van der Waals surface area contributed by atoms with Gasteiger partial charge in [-0.2, -0.15) is 13.9 Å². The van der Waals surface area contributed by atoms with Gasteiger partial charge in [-0.05, 0) is 56.5 Å². The number of nitrogens with one attached hydrogen (secondary N) is 1. The van der Waals surface area contributed by atoms with Crippen molar-refractivity contribution in [2.24, 2.45) is 5.16 Å². The SMILES string of the molecule is Cc1nn(-c2ncccc2C=NO)cc1CC1CC2(CCN1)OCC(F)(F)c1cc(Cl)sc12. The van der Waals surface area contributed by atoms with Crippen LogP contribution in [0.3, 0.4) is 0 Å². The van der Waals surface area contributed by atoms with Crippen molar-refractivity contribution in [3.63, 3.8) is 0 Å². The van der Waals surface area contributed by atoms with E-state index in [1.807, 2.05) is 13.1 Å². The number of hydrogen-bond donors (Lipinski definition) is 2. The maximum Gasteiger partial charge on any atom is 0.297 e. The Balaban J connectivity index is 1.41. The molecule has 0 radical (unpaired) electrons. The summed E-state index contributed by atoms with van der Waals surface area (Å²) in [5, 5.41) is 20.1. The van der Waals surface area contributed by atoms with E-state index in [0.717, 1.165) is 11.3 Å². The predicted molar refractivity (Wildman–Crippen MR) is 121 cm³/mol. The second-order valence-corrected chi connectivity index (χ2v) is 10.1. The molecule has 5 rings (SSSR count). The molecule has 0 aliphatic carbocycles. The lowest BCUT2D eigenvalue weighted by Crippen LogP contribution is -2.52. The predicted octanol–water partition coefficient (Wildman–Crippen LogP) is 4.41. The Morgan fingerprint density at radius 2 is 2.33 bits per heavy atom. The lowest BCUT2D eigenvalue weighted by molar-refractivity contribution is -0.178. The van der Waals surface area contributed by atoms with Crippen molar-refractivity contribution in [2.75, 3.05) is 13.2 Å². The monoisotopic (exact) mass is 493 g/mol. The van der Waals surface area contributed by atoms with Crippen LogP contribution in [0.1, 0.15) is 40.1 Å². The minimum Gasteiger partial charge on any atom is -0.411 e. The molecular weight excluding hydrogens is 472 g/mol. The van der Waals surface area contributed by atoms with E-state index in [4.69, 9.17) is 21.5 Å². The van der Waals surface area contributed by atoms with E-state index >= 15 is 0 Å². The average molecular weight is 494 g/mol. The number of hydrogen-bond acceptors (Lipinski definition) is 7. The number of rotatable bonds is 4. The summed E-state index contributed by atoms with van der Waals surface area (Å²) in [6, 6.07) is 4.93. The molecule has 2 atom stereocenters. The van der Waals surface area contributed by atoms with Crippen molar-refractivity contribution in [1.82, 2.24) is 20.1 Å². The van der Waals surface area contributed by atoms with Crippen LogP contribution in [0.2, 0.25) is 4.34 Å². The van der Waals surface area contributed by atoms with Crippen LogP contribution in [-0.2, 0) is 22.7 Å². The molecule has 7 nitrogen and oxygen atoms in total. The van der Waals surface area contributed by atoms with Gasteiger partial charge < -0.3 is 15.3 Å². The van der Waals surface area contributed by atoms with E-state index in [1.54, 1.807) is 23.0 Å².